The number of nitrogens with one attached hydrogen (secondary N) is 1. The van der Waals surface area contributed by atoms with Gasteiger partial charge in [-0.1, -0.05) is 37.9 Å². The average molecular weight is 300 g/mol. The number of carbonyl (C=O) groups excluding carboxylic acids is 1. The molecule has 1 aliphatic carbocycles. The lowest BCUT2D eigenvalue weighted by molar-refractivity contribution is -0.128. The van der Waals surface area contributed by atoms with Crippen LogP contribution in [0, 0.1) is 11.3 Å². The average Bonchev–Trinajstić information content (AvgIpc) is 2.78. The normalized spacial score (nSPS) is 26.6. The van der Waals surface area contributed by atoms with Crippen LogP contribution in [0.4, 0.5) is 0 Å². The van der Waals surface area contributed by atoms with Gasteiger partial charge in [-0.05, 0) is 36.7 Å². The minimum atomic E-state index is -0.572. The van der Waals surface area contributed by atoms with Gasteiger partial charge in [0, 0.05) is 6.54 Å². The zero-order valence-electron chi connectivity index (χ0n) is 11.5. The molecule has 2 fully saturated rings. The van der Waals surface area contributed by atoms with Gasteiger partial charge in [-0.3, -0.25) is 4.79 Å². The lowest BCUT2D eigenvalue weighted by Gasteiger charge is -2.30. The van der Waals surface area contributed by atoms with Crippen molar-refractivity contribution < 1.29 is 4.79 Å². The number of hydrogen-bond acceptors (Lipinski definition) is 3. The highest BCUT2D eigenvalue weighted by molar-refractivity contribution is 7.99. The summed E-state index contributed by atoms with van der Waals surface area (Å²) in [5.74, 6) is 3.10. The van der Waals surface area contributed by atoms with Crippen LogP contribution in [0.25, 0.3) is 0 Å². The Morgan fingerprint density at radius 3 is 2.53 bits per heavy atom. The number of thioether (sulfide) groups is 1. The van der Waals surface area contributed by atoms with Gasteiger partial charge < -0.3 is 11.1 Å². The molecule has 0 bridgehead atoms. The van der Waals surface area contributed by atoms with E-state index in [4.69, 9.17) is 18.0 Å². The maximum Gasteiger partial charge on any atom is 0.233 e. The Hall–Kier alpha value is -0.290. The van der Waals surface area contributed by atoms with Crippen molar-refractivity contribution in [3.05, 3.63) is 0 Å². The maximum atomic E-state index is 12.6. The first-order chi connectivity index (χ1) is 9.15. The van der Waals surface area contributed by atoms with E-state index in [1.807, 2.05) is 11.8 Å². The molecule has 3 nitrogen and oxygen atoms in total. The fourth-order valence-corrected chi connectivity index (χ4v) is 4.65. The van der Waals surface area contributed by atoms with Crippen molar-refractivity contribution in [2.45, 2.75) is 44.9 Å². The molecule has 1 heterocycles. The summed E-state index contributed by atoms with van der Waals surface area (Å²) in [4.78, 5) is 13.0. The Balaban J connectivity index is 1.96. The molecule has 19 heavy (non-hydrogen) atoms. The molecule has 3 N–H and O–H groups in total. The fraction of sp³-hybridized carbons (Fsp3) is 0.857. The Morgan fingerprint density at radius 2 is 2.00 bits per heavy atom. The molecule has 1 atom stereocenters. The third-order valence-electron chi connectivity index (χ3n) is 4.44. The molecule has 1 aliphatic heterocycles. The van der Waals surface area contributed by atoms with Gasteiger partial charge in [-0.25, -0.2) is 0 Å². The summed E-state index contributed by atoms with van der Waals surface area (Å²) in [7, 11) is 0. The summed E-state index contributed by atoms with van der Waals surface area (Å²) in [5, 5.41) is 3.12. The molecule has 1 saturated carbocycles. The van der Waals surface area contributed by atoms with Crippen molar-refractivity contribution in [2.24, 2.45) is 17.1 Å². The summed E-state index contributed by atoms with van der Waals surface area (Å²) in [6, 6.07) is 0. The monoisotopic (exact) mass is 300 g/mol. The number of thiocarbonyl (C=S) groups is 1. The van der Waals surface area contributed by atoms with E-state index in [0.717, 1.165) is 32.2 Å². The minimum Gasteiger partial charge on any atom is -0.392 e. The topological polar surface area (TPSA) is 55.1 Å². The second-order valence-corrected chi connectivity index (χ2v) is 7.39. The molecule has 1 unspecified atom stereocenters. The molecule has 5 heteroatoms. The Morgan fingerprint density at radius 1 is 1.32 bits per heavy atom. The molecule has 0 radical (unpaired) electrons. The quantitative estimate of drug-likeness (QED) is 0.619. The third-order valence-corrected chi connectivity index (χ3v) is 6.06. The minimum absolute atomic E-state index is 0.0822. The van der Waals surface area contributed by atoms with E-state index >= 15 is 0 Å². The van der Waals surface area contributed by atoms with Crippen LogP contribution in [-0.4, -0.2) is 28.9 Å². The molecule has 0 spiro atoms. The van der Waals surface area contributed by atoms with Crippen molar-refractivity contribution in [1.82, 2.24) is 5.32 Å². The molecule has 1 amide bonds. The van der Waals surface area contributed by atoms with Crippen LogP contribution in [0.15, 0.2) is 0 Å². The van der Waals surface area contributed by atoms with E-state index < -0.39 is 5.41 Å². The number of hydrogen-bond donors (Lipinski definition) is 2. The van der Waals surface area contributed by atoms with E-state index in [9.17, 15) is 4.79 Å². The second kappa shape index (κ2) is 6.93. The van der Waals surface area contributed by atoms with Crippen LogP contribution in [-0.2, 0) is 4.79 Å². The maximum absolute atomic E-state index is 12.6. The Bertz CT molecular complexity index is 332. The van der Waals surface area contributed by atoms with Crippen molar-refractivity contribution in [3.63, 3.8) is 0 Å². The molecule has 0 aromatic heterocycles. The van der Waals surface area contributed by atoms with Gasteiger partial charge in [0.25, 0.3) is 0 Å². The van der Waals surface area contributed by atoms with Gasteiger partial charge in [-0.2, -0.15) is 11.8 Å². The molecule has 108 valence electrons. The highest BCUT2D eigenvalue weighted by Crippen LogP contribution is 2.36. The summed E-state index contributed by atoms with van der Waals surface area (Å²) in [6.45, 7) is 0.788. The smallest absolute Gasteiger partial charge is 0.233 e. The first-order valence-corrected chi connectivity index (χ1v) is 8.87. The summed E-state index contributed by atoms with van der Waals surface area (Å²) in [5.41, 5.74) is 5.35. The van der Waals surface area contributed by atoms with Gasteiger partial charge in [0.15, 0.2) is 0 Å². The molecular weight excluding hydrogens is 276 g/mol. The standard InChI is InChI=1S/C14H24N2OS2/c15-12(18)14(6-3-1-2-4-7-14)13(17)16-9-11-5-8-19-10-11/h11H,1-10H2,(H2,15,18)(H,16,17). The second-order valence-electron chi connectivity index (χ2n) is 5.80. The number of rotatable bonds is 4. The van der Waals surface area contributed by atoms with E-state index in [1.165, 1.54) is 30.8 Å². The first-order valence-electron chi connectivity index (χ1n) is 7.31. The Labute approximate surface area is 125 Å². The fourth-order valence-electron chi connectivity index (χ4n) is 3.07. The lowest BCUT2D eigenvalue weighted by Crippen LogP contribution is -2.49. The van der Waals surface area contributed by atoms with Crippen LogP contribution in [0.2, 0.25) is 0 Å². The van der Waals surface area contributed by atoms with Crippen LogP contribution in [0.1, 0.15) is 44.9 Å². The molecular formula is C14H24N2OS2. The largest absolute Gasteiger partial charge is 0.392 e. The van der Waals surface area contributed by atoms with Gasteiger partial charge in [-0.15, -0.1) is 0 Å². The highest BCUT2D eigenvalue weighted by atomic mass is 32.2. The molecule has 0 aromatic carbocycles. The summed E-state index contributed by atoms with van der Waals surface area (Å²) < 4.78 is 0. The van der Waals surface area contributed by atoms with Gasteiger partial charge in [0.05, 0.1) is 10.4 Å². The third kappa shape index (κ3) is 3.63. The molecule has 2 aliphatic rings. The van der Waals surface area contributed by atoms with Gasteiger partial charge >= 0.3 is 0 Å². The predicted octanol–water partition coefficient (Wildman–Crippen LogP) is 2.48. The van der Waals surface area contributed by atoms with Crippen LogP contribution >= 0.6 is 24.0 Å². The van der Waals surface area contributed by atoms with Crippen molar-refractivity contribution >= 4 is 34.9 Å². The summed E-state index contributed by atoms with van der Waals surface area (Å²) >= 11 is 7.20. The van der Waals surface area contributed by atoms with E-state index in [2.05, 4.69) is 5.32 Å². The van der Waals surface area contributed by atoms with E-state index in [1.54, 1.807) is 0 Å². The Kier molecular flexibility index (Phi) is 5.51. The van der Waals surface area contributed by atoms with E-state index in [0.29, 0.717) is 10.9 Å². The summed E-state index contributed by atoms with van der Waals surface area (Å²) in [6.07, 6.45) is 7.37. The zero-order chi connectivity index (χ0) is 13.7. The molecule has 1 saturated heterocycles. The van der Waals surface area contributed by atoms with Crippen LogP contribution < -0.4 is 11.1 Å². The first kappa shape index (κ1) is 15.1. The lowest BCUT2D eigenvalue weighted by atomic mass is 9.79. The zero-order valence-corrected chi connectivity index (χ0v) is 13.1. The molecule has 0 aromatic rings. The molecule has 2 rings (SSSR count). The van der Waals surface area contributed by atoms with Crippen molar-refractivity contribution in [2.75, 3.05) is 18.1 Å². The van der Waals surface area contributed by atoms with Gasteiger partial charge in [0.1, 0.15) is 0 Å². The van der Waals surface area contributed by atoms with Crippen LogP contribution in [0.3, 0.4) is 0 Å². The van der Waals surface area contributed by atoms with Crippen molar-refractivity contribution in [1.29, 1.82) is 0 Å². The predicted molar refractivity (Wildman–Crippen MR) is 85.4 cm³/mol. The highest BCUT2D eigenvalue weighted by Gasteiger charge is 2.41. The SMILES string of the molecule is NC(=S)C1(C(=O)NCC2CCSC2)CCCCCC1. The van der Waals surface area contributed by atoms with E-state index in [-0.39, 0.29) is 5.91 Å². The number of carbonyl (C=O) groups is 1. The number of amides is 1. The number of nitrogens with two attached hydrogens (primary N) is 1. The van der Waals surface area contributed by atoms with Crippen LogP contribution in [0.5, 0.6) is 0 Å². The van der Waals surface area contributed by atoms with Crippen molar-refractivity contribution in [3.8, 4) is 0 Å². The van der Waals surface area contributed by atoms with Gasteiger partial charge in [0.2, 0.25) is 5.91 Å².